The smallest absolute Gasteiger partial charge is 0.320 e. The van der Waals surface area contributed by atoms with Crippen molar-refractivity contribution in [1.82, 2.24) is 9.80 Å². The number of carboxylic acid groups (broad SMARTS) is 1. The van der Waals surface area contributed by atoms with Gasteiger partial charge in [0.2, 0.25) is 0 Å². The molecule has 1 unspecified atom stereocenters. The van der Waals surface area contributed by atoms with Gasteiger partial charge in [-0.3, -0.25) is 9.69 Å². The Bertz CT molecular complexity index is 269. The Morgan fingerprint density at radius 3 is 2.33 bits per heavy atom. The highest BCUT2D eigenvalue weighted by atomic mass is 16.4. The van der Waals surface area contributed by atoms with Gasteiger partial charge in [-0.15, -0.1) is 0 Å². The topological polar surface area (TPSA) is 43.8 Å². The van der Waals surface area contributed by atoms with Crippen LogP contribution in [0.2, 0.25) is 0 Å². The molecular weight excluding hydrogens is 228 g/mol. The number of carbonyl (C=O) groups is 1. The molecule has 0 amide bonds. The number of aliphatic carboxylic acids is 1. The number of hydrogen-bond donors (Lipinski definition) is 1. The average molecular weight is 254 g/mol. The maximum atomic E-state index is 11.5. The molecule has 1 saturated carbocycles. The summed E-state index contributed by atoms with van der Waals surface area (Å²) in [6.07, 6.45) is 7.25. The van der Waals surface area contributed by atoms with E-state index >= 15 is 0 Å². The van der Waals surface area contributed by atoms with Gasteiger partial charge in [0.05, 0.1) is 0 Å². The molecule has 0 aromatic carbocycles. The lowest BCUT2D eigenvalue weighted by Crippen LogP contribution is -2.52. The molecule has 2 aliphatic rings. The minimum Gasteiger partial charge on any atom is -0.480 e. The monoisotopic (exact) mass is 254 g/mol. The maximum Gasteiger partial charge on any atom is 0.320 e. The van der Waals surface area contributed by atoms with Crippen LogP contribution >= 0.6 is 0 Å². The third kappa shape index (κ3) is 3.69. The normalized spacial score (nSPS) is 26.1. The summed E-state index contributed by atoms with van der Waals surface area (Å²) in [6.45, 7) is 3.79. The third-order valence-corrected chi connectivity index (χ3v) is 4.55. The Labute approximate surface area is 110 Å². The average Bonchev–Trinajstić information content (AvgIpc) is 2.38. The highest BCUT2D eigenvalue weighted by Crippen LogP contribution is 2.29. The quantitative estimate of drug-likeness (QED) is 0.828. The Kier molecular flexibility index (Phi) is 5.01. The zero-order valence-electron chi connectivity index (χ0n) is 11.5. The minimum atomic E-state index is -0.620. The van der Waals surface area contributed by atoms with E-state index < -0.39 is 5.97 Å². The molecule has 0 spiro atoms. The lowest BCUT2D eigenvalue weighted by molar-refractivity contribution is -0.144. The molecule has 0 radical (unpaired) electrons. The number of rotatable bonds is 4. The van der Waals surface area contributed by atoms with Crippen molar-refractivity contribution < 1.29 is 9.90 Å². The summed E-state index contributed by atoms with van der Waals surface area (Å²) < 4.78 is 0. The van der Waals surface area contributed by atoms with E-state index in [1.54, 1.807) is 0 Å². The van der Waals surface area contributed by atoms with Crippen LogP contribution < -0.4 is 0 Å². The first-order valence-electron chi connectivity index (χ1n) is 7.32. The molecular formula is C14H26N2O2. The standard InChI is InChI=1S/C14H26N2O2/c1-15-7-9-16(10-8-15)13(14(17)18)11-12-5-3-2-4-6-12/h12-13H,2-11H2,1H3,(H,17,18). The summed E-state index contributed by atoms with van der Waals surface area (Å²) in [5.74, 6) is 0.0182. The van der Waals surface area contributed by atoms with Gasteiger partial charge in [0, 0.05) is 26.2 Å². The molecule has 4 nitrogen and oxygen atoms in total. The number of likely N-dealkylation sites (N-methyl/N-ethyl adjacent to an activating group) is 1. The lowest BCUT2D eigenvalue weighted by atomic mass is 9.84. The van der Waals surface area contributed by atoms with Gasteiger partial charge in [0.1, 0.15) is 6.04 Å². The fraction of sp³-hybridized carbons (Fsp3) is 0.929. The van der Waals surface area contributed by atoms with Gasteiger partial charge in [0.15, 0.2) is 0 Å². The molecule has 2 fully saturated rings. The first-order valence-corrected chi connectivity index (χ1v) is 7.32. The predicted molar refractivity (Wildman–Crippen MR) is 71.7 cm³/mol. The molecule has 0 aromatic rings. The van der Waals surface area contributed by atoms with Crippen molar-refractivity contribution in [1.29, 1.82) is 0 Å². The summed E-state index contributed by atoms with van der Waals surface area (Å²) >= 11 is 0. The number of carboxylic acids is 1. The molecule has 1 aliphatic carbocycles. The zero-order valence-corrected chi connectivity index (χ0v) is 11.5. The highest BCUT2D eigenvalue weighted by Gasteiger charge is 2.30. The molecule has 18 heavy (non-hydrogen) atoms. The summed E-state index contributed by atoms with van der Waals surface area (Å²) in [6, 6.07) is -0.248. The second kappa shape index (κ2) is 6.53. The third-order valence-electron chi connectivity index (χ3n) is 4.55. The van der Waals surface area contributed by atoms with E-state index in [1.807, 2.05) is 0 Å². The van der Waals surface area contributed by atoms with Crippen LogP contribution in [0.25, 0.3) is 0 Å². The summed E-state index contributed by atoms with van der Waals surface area (Å²) in [7, 11) is 2.11. The molecule has 1 aliphatic heterocycles. The summed E-state index contributed by atoms with van der Waals surface area (Å²) in [5, 5.41) is 9.47. The van der Waals surface area contributed by atoms with Crippen molar-refractivity contribution in [3.05, 3.63) is 0 Å². The minimum absolute atomic E-state index is 0.248. The second-order valence-corrected chi connectivity index (χ2v) is 5.93. The molecule has 0 bridgehead atoms. The van der Waals surface area contributed by atoms with Crippen molar-refractivity contribution in [2.24, 2.45) is 5.92 Å². The van der Waals surface area contributed by atoms with E-state index in [1.165, 1.54) is 32.1 Å². The SMILES string of the molecule is CN1CCN(C(CC2CCCCC2)C(=O)O)CC1. The number of piperazine rings is 1. The van der Waals surface area contributed by atoms with Crippen LogP contribution in [-0.4, -0.2) is 60.1 Å². The van der Waals surface area contributed by atoms with E-state index in [2.05, 4.69) is 16.8 Å². The van der Waals surface area contributed by atoms with Crippen molar-refractivity contribution in [3.63, 3.8) is 0 Å². The fourth-order valence-corrected chi connectivity index (χ4v) is 3.28. The molecule has 2 rings (SSSR count). The molecule has 1 atom stereocenters. The van der Waals surface area contributed by atoms with E-state index in [0.29, 0.717) is 5.92 Å². The van der Waals surface area contributed by atoms with Gasteiger partial charge in [0.25, 0.3) is 0 Å². The van der Waals surface area contributed by atoms with E-state index in [4.69, 9.17) is 0 Å². The number of hydrogen-bond acceptors (Lipinski definition) is 3. The Morgan fingerprint density at radius 2 is 1.78 bits per heavy atom. The summed E-state index contributed by atoms with van der Waals surface area (Å²) in [4.78, 5) is 16.0. The summed E-state index contributed by atoms with van der Waals surface area (Å²) in [5.41, 5.74) is 0. The Balaban J connectivity index is 1.88. The fourth-order valence-electron chi connectivity index (χ4n) is 3.28. The van der Waals surface area contributed by atoms with Crippen molar-refractivity contribution in [3.8, 4) is 0 Å². The van der Waals surface area contributed by atoms with Gasteiger partial charge in [-0.1, -0.05) is 32.1 Å². The molecule has 0 aromatic heterocycles. The molecule has 1 N–H and O–H groups in total. The van der Waals surface area contributed by atoms with Crippen LogP contribution in [0.15, 0.2) is 0 Å². The predicted octanol–water partition coefficient (Wildman–Crippen LogP) is 1.66. The van der Waals surface area contributed by atoms with Crippen LogP contribution in [0.5, 0.6) is 0 Å². The van der Waals surface area contributed by atoms with E-state index in [9.17, 15) is 9.90 Å². The zero-order chi connectivity index (χ0) is 13.0. The number of nitrogens with zero attached hydrogens (tertiary/aromatic N) is 2. The van der Waals surface area contributed by atoms with Crippen LogP contribution in [0.3, 0.4) is 0 Å². The lowest BCUT2D eigenvalue weighted by Gasteiger charge is -2.37. The van der Waals surface area contributed by atoms with Crippen LogP contribution in [0, 0.1) is 5.92 Å². The van der Waals surface area contributed by atoms with Crippen LogP contribution in [0.4, 0.5) is 0 Å². The molecule has 4 heteroatoms. The van der Waals surface area contributed by atoms with Gasteiger partial charge in [-0.25, -0.2) is 0 Å². The van der Waals surface area contributed by atoms with Crippen molar-refractivity contribution in [2.75, 3.05) is 33.2 Å². The van der Waals surface area contributed by atoms with Crippen LogP contribution in [0.1, 0.15) is 38.5 Å². The first-order chi connectivity index (χ1) is 8.66. The maximum absolute atomic E-state index is 11.5. The highest BCUT2D eigenvalue weighted by molar-refractivity contribution is 5.73. The van der Waals surface area contributed by atoms with Gasteiger partial charge >= 0.3 is 5.97 Å². The molecule has 104 valence electrons. The van der Waals surface area contributed by atoms with E-state index in [-0.39, 0.29) is 6.04 Å². The second-order valence-electron chi connectivity index (χ2n) is 5.93. The van der Waals surface area contributed by atoms with Crippen molar-refractivity contribution in [2.45, 2.75) is 44.6 Å². The van der Waals surface area contributed by atoms with Gasteiger partial charge in [-0.2, -0.15) is 0 Å². The largest absolute Gasteiger partial charge is 0.480 e. The molecule has 1 heterocycles. The molecule has 1 saturated heterocycles. The Morgan fingerprint density at radius 1 is 1.17 bits per heavy atom. The Hall–Kier alpha value is -0.610. The van der Waals surface area contributed by atoms with E-state index in [0.717, 1.165) is 32.6 Å². The van der Waals surface area contributed by atoms with Gasteiger partial charge in [-0.05, 0) is 19.4 Å². The van der Waals surface area contributed by atoms with Crippen molar-refractivity contribution >= 4 is 5.97 Å². The van der Waals surface area contributed by atoms with Crippen LogP contribution in [-0.2, 0) is 4.79 Å². The first kappa shape index (κ1) is 13.8. The van der Waals surface area contributed by atoms with Gasteiger partial charge < -0.3 is 10.0 Å².